The molecule has 4 amide bonds. The zero-order chi connectivity index (χ0) is 25.7. The summed E-state index contributed by atoms with van der Waals surface area (Å²) in [4.78, 5) is 52.8. The molecule has 2 aliphatic rings. The number of nitrogens with one attached hydrogen (secondary N) is 1. The van der Waals surface area contributed by atoms with E-state index in [1.165, 1.54) is 6.08 Å². The summed E-state index contributed by atoms with van der Waals surface area (Å²) in [6, 6.07) is 11.5. The lowest BCUT2D eigenvalue weighted by molar-refractivity contribution is -0.139. The summed E-state index contributed by atoms with van der Waals surface area (Å²) >= 11 is 12.9. The van der Waals surface area contributed by atoms with Crippen LogP contribution in [0.3, 0.4) is 0 Å². The van der Waals surface area contributed by atoms with Gasteiger partial charge in [0.05, 0.1) is 28.8 Å². The standard InChI is InChI=1S/C24H21Cl2N3O6S/c25-16-5-6-19(35-14-21(30)27-18-4-2-1-3-17(18)26)15(11-16)12-20-23(32)29(24(33)36-20)13-22(31)28-7-9-34-10-8-28/h1-6,11-12H,7-10,13-14H2,(H,27,30)/b20-12-. The van der Waals surface area contributed by atoms with Crippen molar-refractivity contribution in [1.29, 1.82) is 0 Å². The van der Waals surface area contributed by atoms with Crippen LogP contribution in [0.2, 0.25) is 10.0 Å². The summed E-state index contributed by atoms with van der Waals surface area (Å²) in [6.45, 7) is 0.992. The van der Waals surface area contributed by atoms with Gasteiger partial charge in [0.1, 0.15) is 12.3 Å². The molecule has 0 bridgehead atoms. The van der Waals surface area contributed by atoms with Gasteiger partial charge in [-0.15, -0.1) is 0 Å². The van der Waals surface area contributed by atoms with Gasteiger partial charge in [-0.1, -0.05) is 35.3 Å². The van der Waals surface area contributed by atoms with Crippen molar-refractivity contribution in [2.24, 2.45) is 0 Å². The highest BCUT2D eigenvalue weighted by atomic mass is 35.5. The van der Waals surface area contributed by atoms with Crippen LogP contribution in [0.15, 0.2) is 47.4 Å². The lowest BCUT2D eigenvalue weighted by Gasteiger charge is -2.28. The molecule has 2 aromatic carbocycles. The number of para-hydroxylation sites is 1. The van der Waals surface area contributed by atoms with E-state index in [-0.39, 0.29) is 29.7 Å². The maximum atomic E-state index is 12.9. The number of rotatable bonds is 7. The number of carbonyl (C=O) groups is 4. The highest BCUT2D eigenvalue weighted by Crippen LogP contribution is 2.35. The van der Waals surface area contributed by atoms with E-state index in [9.17, 15) is 19.2 Å². The number of anilines is 1. The van der Waals surface area contributed by atoms with Crippen LogP contribution in [0.1, 0.15) is 5.56 Å². The summed E-state index contributed by atoms with van der Waals surface area (Å²) in [7, 11) is 0. The minimum Gasteiger partial charge on any atom is -0.483 e. The van der Waals surface area contributed by atoms with E-state index >= 15 is 0 Å². The van der Waals surface area contributed by atoms with Gasteiger partial charge in [0.25, 0.3) is 17.1 Å². The fourth-order valence-corrected chi connectivity index (χ4v) is 4.67. The Labute approximate surface area is 221 Å². The molecule has 0 aliphatic carbocycles. The Bertz CT molecular complexity index is 1230. The molecule has 0 spiro atoms. The smallest absolute Gasteiger partial charge is 0.294 e. The van der Waals surface area contributed by atoms with Crippen molar-refractivity contribution >= 4 is 69.7 Å². The Kier molecular flexibility index (Phi) is 8.52. The molecule has 36 heavy (non-hydrogen) atoms. The molecule has 0 aromatic heterocycles. The van der Waals surface area contributed by atoms with Crippen LogP contribution in [-0.4, -0.2) is 72.2 Å². The van der Waals surface area contributed by atoms with Crippen LogP contribution in [0.4, 0.5) is 10.5 Å². The van der Waals surface area contributed by atoms with E-state index in [2.05, 4.69) is 5.32 Å². The summed E-state index contributed by atoms with van der Waals surface area (Å²) < 4.78 is 10.9. The van der Waals surface area contributed by atoms with Gasteiger partial charge in [-0.25, -0.2) is 0 Å². The first-order valence-electron chi connectivity index (χ1n) is 10.9. The Morgan fingerprint density at radius 1 is 1.11 bits per heavy atom. The Hall–Kier alpha value is -3.05. The highest BCUT2D eigenvalue weighted by Gasteiger charge is 2.37. The van der Waals surface area contributed by atoms with E-state index in [4.69, 9.17) is 32.7 Å². The fourth-order valence-electron chi connectivity index (χ4n) is 3.48. The molecule has 2 heterocycles. The van der Waals surface area contributed by atoms with Gasteiger partial charge in [-0.05, 0) is 48.2 Å². The van der Waals surface area contributed by atoms with Gasteiger partial charge in [-0.3, -0.25) is 24.1 Å². The molecule has 1 N–H and O–H groups in total. The minimum absolute atomic E-state index is 0.113. The van der Waals surface area contributed by atoms with Crippen LogP contribution >= 0.6 is 35.0 Å². The molecule has 0 saturated carbocycles. The number of nitrogens with zero attached hydrogens (tertiary/aromatic N) is 2. The van der Waals surface area contributed by atoms with Crippen LogP contribution in [-0.2, 0) is 19.1 Å². The number of amides is 4. The summed E-state index contributed by atoms with van der Waals surface area (Å²) in [5.41, 5.74) is 0.849. The first-order valence-corrected chi connectivity index (χ1v) is 12.5. The molecule has 0 atom stereocenters. The number of hydrogen-bond donors (Lipinski definition) is 1. The van der Waals surface area contributed by atoms with Gasteiger partial charge in [0, 0.05) is 23.7 Å². The SMILES string of the molecule is O=C(COc1ccc(Cl)cc1/C=C1\SC(=O)N(CC(=O)N2CCOCC2)C1=O)Nc1ccccc1Cl. The molecule has 4 rings (SSSR count). The Balaban J connectivity index is 1.44. The summed E-state index contributed by atoms with van der Waals surface area (Å²) in [5, 5.41) is 2.87. The van der Waals surface area contributed by atoms with Gasteiger partial charge in [0.2, 0.25) is 5.91 Å². The van der Waals surface area contributed by atoms with Gasteiger partial charge >= 0.3 is 0 Å². The predicted octanol–water partition coefficient (Wildman–Crippen LogP) is 3.91. The number of halogens is 2. The van der Waals surface area contributed by atoms with Crippen molar-refractivity contribution in [2.45, 2.75) is 0 Å². The van der Waals surface area contributed by atoms with Gasteiger partial charge < -0.3 is 19.7 Å². The van der Waals surface area contributed by atoms with E-state index in [1.54, 1.807) is 47.4 Å². The largest absolute Gasteiger partial charge is 0.483 e. The second-order valence-electron chi connectivity index (χ2n) is 7.76. The number of ether oxygens (including phenoxy) is 2. The fraction of sp³-hybridized carbons (Fsp3) is 0.250. The quantitative estimate of drug-likeness (QED) is 0.522. The number of carbonyl (C=O) groups excluding carboxylic acids is 4. The summed E-state index contributed by atoms with van der Waals surface area (Å²) in [6.07, 6.45) is 1.46. The van der Waals surface area contributed by atoms with E-state index in [1.807, 2.05) is 0 Å². The molecule has 9 nitrogen and oxygen atoms in total. The third-order valence-electron chi connectivity index (χ3n) is 5.30. The maximum absolute atomic E-state index is 12.9. The van der Waals surface area contributed by atoms with E-state index in [0.717, 1.165) is 16.7 Å². The zero-order valence-electron chi connectivity index (χ0n) is 18.9. The van der Waals surface area contributed by atoms with E-state index < -0.39 is 17.1 Å². The van der Waals surface area contributed by atoms with Crippen molar-refractivity contribution in [3.05, 3.63) is 63.0 Å². The minimum atomic E-state index is -0.589. The van der Waals surface area contributed by atoms with Crippen molar-refractivity contribution in [2.75, 3.05) is 44.8 Å². The molecule has 0 radical (unpaired) electrons. The topological polar surface area (TPSA) is 105 Å². The van der Waals surface area contributed by atoms with Crippen LogP contribution in [0.5, 0.6) is 5.75 Å². The lowest BCUT2D eigenvalue weighted by atomic mass is 10.2. The van der Waals surface area contributed by atoms with E-state index in [0.29, 0.717) is 47.6 Å². The third-order valence-corrected chi connectivity index (χ3v) is 6.77. The summed E-state index contributed by atoms with van der Waals surface area (Å²) in [5.74, 6) is -1.07. The third kappa shape index (κ3) is 6.38. The molecule has 2 fully saturated rings. The first kappa shape index (κ1) is 26.0. The maximum Gasteiger partial charge on any atom is 0.294 e. The van der Waals surface area contributed by atoms with Gasteiger partial charge in [0.15, 0.2) is 6.61 Å². The molecule has 2 aliphatic heterocycles. The van der Waals surface area contributed by atoms with Gasteiger partial charge in [-0.2, -0.15) is 0 Å². The number of imide groups is 1. The molecule has 12 heteroatoms. The van der Waals surface area contributed by atoms with Crippen LogP contribution in [0.25, 0.3) is 6.08 Å². The van der Waals surface area contributed by atoms with Crippen molar-refractivity contribution < 1.29 is 28.7 Å². The number of thioether (sulfide) groups is 1. The molecular formula is C24H21Cl2N3O6S. The monoisotopic (exact) mass is 549 g/mol. The molecular weight excluding hydrogens is 529 g/mol. The zero-order valence-corrected chi connectivity index (χ0v) is 21.2. The second-order valence-corrected chi connectivity index (χ2v) is 9.60. The molecule has 188 valence electrons. The highest BCUT2D eigenvalue weighted by molar-refractivity contribution is 8.18. The molecule has 2 saturated heterocycles. The molecule has 0 unspecified atom stereocenters. The lowest BCUT2D eigenvalue weighted by Crippen LogP contribution is -2.46. The van der Waals surface area contributed by atoms with Crippen molar-refractivity contribution in [3.8, 4) is 5.75 Å². The van der Waals surface area contributed by atoms with Crippen LogP contribution in [0, 0.1) is 0 Å². The number of morpholine rings is 1. The number of hydrogen-bond acceptors (Lipinski definition) is 7. The van der Waals surface area contributed by atoms with Crippen LogP contribution < -0.4 is 10.1 Å². The average Bonchev–Trinajstić information content (AvgIpc) is 3.12. The number of benzene rings is 2. The average molecular weight is 550 g/mol. The first-order chi connectivity index (χ1) is 17.3. The normalized spacial score (nSPS) is 17.0. The second kappa shape index (κ2) is 11.8. The Morgan fingerprint density at radius 2 is 1.86 bits per heavy atom. The Morgan fingerprint density at radius 3 is 2.61 bits per heavy atom. The molecule has 2 aromatic rings. The predicted molar refractivity (Wildman–Crippen MR) is 137 cm³/mol. The van der Waals surface area contributed by atoms with Crippen molar-refractivity contribution in [3.63, 3.8) is 0 Å². The van der Waals surface area contributed by atoms with Crippen molar-refractivity contribution in [1.82, 2.24) is 9.80 Å².